The molecule has 1 amide bonds. The molecule has 108 valence electrons. The molecular formula is C15H18ClNO3. The van der Waals surface area contributed by atoms with Gasteiger partial charge in [-0.15, -0.1) is 6.58 Å². The van der Waals surface area contributed by atoms with E-state index in [0.29, 0.717) is 23.7 Å². The van der Waals surface area contributed by atoms with Gasteiger partial charge in [0.25, 0.3) is 5.91 Å². The van der Waals surface area contributed by atoms with Crippen molar-refractivity contribution in [3.05, 3.63) is 47.5 Å². The lowest BCUT2D eigenvalue weighted by Gasteiger charge is -2.21. The fraction of sp³-hybridized carbons (Fsp3) is 0.333. The van der Waals surface area contributed by atoms with E-state index in [1.807, 2.05) is 0 Å². The van der Waals surface area contributed by atoms with Gasteiger partial charge in [-0.25, -0.2) is 0 Å². The van der Waals surface area contributed by atoms with Gasteiger partial charge in [0.15, 0.2) is 0 Å². The number of hydrogen-bond donors (Lipinski definition) is 0. The molecule has 5 heteroatoms. The van der Waals surface area contributed by atoms with Crippen LogP contribution in [0.4, 0.5) is 0 Å². The zero-order valence-electron chi connectivity index (χ0n) is 11.5. The van der Waals surface area contributed by atoms with Gasteiger partial charge in [-0.3, -0.25) is 9.59 Å². The summed E-state index contributed by atoms with van der Waals surface area (Å²) in [5.74, 6) is -0.548. The molecule has 0 aliphatic carbocycles. The second-order valence-corrected chi connectivity index (χ2v) is 4.48. The highest BCUT2D eigenvalue weighted by molar-refractivity contribution is 6.33. The molecule has 1 aromatic carbocycles. The summed E-state index contributed by atoms with van der Waals surface area (Å²) in [7, 11) is 0. The summed E-state index contributed by atoms with van der Waals surface area (Å²) in [6.07, 6.45) is 1.76. The molecule has 0 heterocycles. The summed E-state index contributed by atoms with van der Waals surface area (Å²) in [6, 6.07) is 6.82. The molecule has 4 nitrogen and oxygen atoms in total. The van der Waals surface area contributed by atoms with Crippen LogP contribution >= 0.6 is 11.6 Å². The van der Waals surface area contributed by atoms with E-state index in [-0.39, 0.29) is 24.8 Å². The van der Waals surface area contributed by atoms with Crippen molar-refractivity contribution >= 4 is 23.5 Å². The van der Waals surface area contributed by atoms with Crippen LogP contribution in [0.5, 0.6) is 0 Å². The number of rotatable bonds is 7. The maximum atomic E-state index is 12.4. The smallest absolute Gasteiger partial charge is 0.307 e. The molecule has 0 spiro atoms. The third kappa shape index (κ3) is 4.70. The number of hydrogen-bond acceptors (Lipinski definition) is 3. The highest BCUT2D eigenvalue weighted by Crippen LogP contribution is 2.17. The van der Waals surface area contributed by atoms with E-state index in [0.717, 1.165) is 0 Å². The van der Waals surface area contributed by atoms with E-state index in [1.54, 1.807) is 37.3 Å². The fourth-order valence-corrected chi connectivity index (χ4v) is 1.91. The maximum Gasteiger partial charge on any atom is 0.307 e. The Morgan fingerprint density at radius 2 is 2.10 bits per heavy atom. The molecule has 0 saturated heterocycles. The first-order valence-corrected chi connectivity index (χ1v) is 6.78. The Hall–Kier alpha value is -1.81. The molecule has 20 heavy (non-hydrogen) atoms. The van der Waals surface area contributed by atoms with Gasteiger partial charge >= 0.3 is 5.97 Å². The second-order valence-electron chi connectivity index (χ2n) is 4.07. The Morgan fingerprint density at radius 1 is 1.40 bits per heavy atom. The molecule has 0 saturated carbocycles. The van der Waals surface area contributed by atoms with E-state index in [4.69, 9.17) is 16.3 Å². The Kier molecular flexibility index (Phi) is 6.81. The zero-order valence-corrected chi connectivity index (χ0v) is 12.2. The minimum absolute atomic E-state index is 0.151. The van der Waals surface area contributed by atoms with Gasteiger partial charge in [-0.05, 0) is 19.1 Å². The summed E-state index contributed by atoms with van der Waals surface area (Å²) < 4.78 is 4.85. The Morgan fingerprint density at radius 3 is 2.70 bits per heavy atom. The number of benzene rings is 1. The van der Waals surface area contributed by atoms with Crippen molar-refractivity contribution in [2.45, 2.75) is 13.3 Å². The van der Waals surface area contributed by atoms with Crippen LogP contribution in [0.15, 0.2) is 36.9 Å². The molecule has 0 aliphatic heterocycles. The van der Waals surface area contributed by atoms with Gasteiger partial charge in [0, 0.05) is 13.1 Å². The summed E-state index contributed by atoms with van der Waals surface area (Å²) in [4.78, 5) is 25.3. The van der Waals surface area contributed by atoms with Crippen LogP contribution in [0.25, 0.3) is 0 Å². The van der Waals surface area contributed by atoms with Crippen LogP contribution in [-0.2, 0) is 9.53 Å². The Balaban J connectivity index is 2.75. The molecule has 0 atom stereocenters. The zero-order chi connectivity index (χ0) is 15.0. The Labute approximate surface area is 124 Å². The van der Waals surface area contributed by atoms with Crippen LogP contribution in [0.1, 0.15) is 23.7 Å². The lowest BCUT2D eigenvalue weighted by Crippen LogP contribution is -2.33. The van der Waals surface area contributed by atoms with Gasteiger partial charge in [0.05, 0.1) is 23.6 Å². The largest absolute Gasteiger partial charge is 0.466 e. The van der Waals surface area contributed by atoms with Crippen molar-refractivity contribution in [2.75, 3.05) is 19.7 Å². The minimum atomic E-state index is -0.325. The van der Waals surface area contributed by atoms with Crippen LogP contribution in [-0.4, -0.2) is 36.5 Å². The number of ether oxygens (including phenoxy) is 1. The highest BCUT2D eigenvalue weighted by atomic mass is 35.5. The van der Waals surface area contributed by atoms with Crippen LogP contribution < -0.4 is 0 Å². The molecule has 0 N–H and O–H groups in total. The average Bonchev–Trinajstić information content (AvgIpc) is 2.43. The summed E-state index contributed by atoms with van der Waals surface area (Å²) >= 11 is 6.01. The first-order chi connectivity index (χ1) is 9.60. The van der Waals surface area contributed by atoms with Crippen LogP contribution in [0.3, 0.4) is 0 Å². The van der Waals surface area contributed by atoms with Crippen molar-refractivity contribution < 1.29 is 14.3 Å². The normalized spacial score (nSPS) is 9.90. The molecule has 0 unspecified atom stereocenters. The number of carbonyl (C=O) groups is 2. The summed E-state index contributed by atoms with van der Waals surface area (Å²) in [5, 5.41) is 0.391. The number of esters is 1. The van der Waals surface area contributed by atoms with Gasteiger partial charge in [-0.2, -0.15) is 0 Å². The van der Waals surface area contributed by atoms with E-state index >= 15 is 0 Å². The van der Waals surface area contributed by atoms with Gasteiger partial charge in [0.2, 0.25) is 0 Å². The minimum Gasteiger partial charge on any atom is -0.466 e. The molecule has 0 radical (unpaired) electrons. The molecule has 1 aromatic rings. The van der Waals surface area contributed by atoms with E-state index in [2.05, 4.69) is 6.58 Å². The first-order valence-electron chi connectivity index (χ1n) is 6.40. The average molecular weight is 296 g/mol. The predicted molar refractivity (Wildman–Crippen MR) is 78.8 cm³/mol. The standard InChI is InChI=1S/C15H18ClNO3/c1-3-10-17(11-9-14(18)20-4-2)15(19)12-7-5-6-8-13(12)16/h3,5-8H,1,4,9-11H2,2H3. The summed E-state index contributed by atoms with van der Waals surface area (Å²) in [6.45, 7) is 6.32. The number of amides is 1. The van der Waals surface area contributed by atoms with Crippen molar-refractivity contribution in [3.8, 4) is 0 Å². The molecule has 1 rings (SSSR count). The van der Waals surface area contributed by atoms with E-state index in [1.165, 1.54) is 4.90 Å². The number of halogens is 1. The predicted octanol–water partition coefficient (Wildman–Crippen LogP) is 2.92. The van der Waals surface area contributed by atoms with E-state index in [9.17, 15) is 9.59 Å². The first kappa shape index (κ1) is 16.2. The van der Waals surface area contributed by atoms with Crippen LogP contribution in [0, 0.1) is 0 Å². The molecule has 0 aromatic heterocycles. The van der Waals surface area contributed by atoms with Crippen molar-refractivity contribution in [2.24, 2.45) is 0 Å². The quantitative estimate of drug-likeness (QED) is 0.574. The third-order valence-corrected chi connectivity index (χ3v) is 2.96. The fourth-order valence-electron chi connectivity index (χ4n) is 1.70. The second kappa shape index (κ2) is 8.38. The molecule has 0 aliphatic rings. The molecule has 0 fully saturated rings. The molecular weight excluding hydrogens is 278 g/mol. The maximum absolute atomic E-state index is 12.4. The lowest BCUT2D eigenvalue weighted by molar-refractivity contribution is -0.143. The van der Waals surface area contributed by atoms with Gasteiger partial charge in [-0.1, -0.05) is 29.8 Å². The van der Waals surface area contributed by atoms with Crippen molar-refractivity contribution in [1.29, 1.82) is 0 Å². The third-order valence-electron chi connectivity index (χ3n) is 2.63. The summed E-state index contributed by atoms with van der Waals surface area (Å²) in [5.41, 5.74) is 0.417. The van der Waals surface area contributed by atoms with Gasteiger partial charge < -0.3 is 9.64 Å². The van der Waals surface area contributed by atoms with Crippen molar-refractivity contribution in [1.82, 2.24) is 4.90 Å². The van der Waals surface area contributed by atoms with Crippen molar-refractivity contribution in [3.63, 3.8) is 0 Å². The lowest BCUT2D eigenvalue weighted by atomic mass is 10.2. The highest BCUT2D eigenvalue weighted by Gasteiger charge is 2.18. The van der Waals surface area contributed by atoms with Gasteiger partial charge in [0.1, 0.15) is 0 Å². The Bertz CT molecular complexity index is 488. The number of nitrogens with zero attached hydrogens (tertiary/aromatic N) is 1. The number of carbonyl (C=O) groups excluding carboxylic acids is 2. The van der Waals surface area contributed by atoms with Crippen LogP contribution in [0.2, 0.25) is 5.02 Å². The molecule has 0 bridgehead atoms. The SMILES string of the molecule is C=CCN(CCC(=O)OCC)C(=O)c1ccccc1Cl. The topological polar surface area (TPSA) is 46.6 Å². The monoisotopic (exact) mass is 295 g/mol. The van der Waals surface area contributed by atoms with E-state index < -0.39 is 0 Å².